The SMILES string of the molecule is Brc1cc(-c2nc3ccccc3o2)c2ccc3c(-c4nc5ccccc5o4)cc(Br)cc3c2c1.Nc1ccccc1O.O=COc1cc(Br)cc2c1ccc1c(C(=O)O)cc(Br)cc12.c1ccc2c(c1)Cc1ccccc1O2.c1ccc2c(c1)Oc1ccccc1N2c1cc(-c2nc3ccccc3o2)c2ccc3c(-c4nc5ccccc5o4)cc(N4c5ccccc5Oc5ccccc54)cc3c2c1. The molecule has 0 saturated carbocycles. The van der Waals surface area contributed by atoms with E-state index in [9.17, 15) is 14.7 Å². The molecule has 20 aromatic carbocycles. The molecule has 0 aliphatic carbocycles. The van der Waals surface area contributed by atoms with Crippen molar-refractivity contribution in [3.8, 4) is 91.8 Å². The van der Waals surface area contributed by atoms with Gasteiger partial charge in [0, 0.05) is 63.3 Å². The number of fused-ring (bicyclic) bond motifs is 19. The summed E-state index contributed by atoms with van der Waals surface area (Å²) in [6.07, 6.45) is 0.979. The van der Waals surface area contributed by atoms with Crippen molar-refractivity contribution >= 4 is 225 Å². The van der Waals surface area contributed by atoms with Gasteiger partial charge in [0.2, 0.25) is 23.6 Å². The number of benzene rings is 20. The van der Waals surface area contributed by atoms with Gasteiger partial charge in [-0.15, -0.1) is 0 Å². The van der Waals surface area contributed by atoms with Gasteiger partial charge in [-0.25, -0.2) is 24.7 Å². The Bertz CT molecular complexity index is 8370. The van der Waals surface area contributed by atoms with E-state index in [1.54, 1.807) is 48.5 Å². The Morgan fingerprint density at radius 1 is 0.319 bits per heavy atom. The second kappa shape index (κ2) is 35.9. The number of rotatable bonds is 9. The summed E-state index contributed by atoms with van der Waals surface area (Å²) in [4.78, 5) is 46.2. The summed E-state index contributed by atoms with van der Waals surface area (Å²) in [6.45, 7) is 0.370. The van der Waals surface area contributed by atoms with Gasteiger partial charge in [-0.2, -0.15) is 0 Å². The molecule has 19 nitrogen and oxygen atoms in total. The number of aromatic hydroxyl groups is 1. The lowest BCUT2D eigenvalue weighted by Crippen LogP contribution is -2.16. The van der Waals surface area contributed by atoms with Gasteiger partial charge in [0.05, 0.1) is 34.0 Å². The number of aromatic carboxylic acids is 1. The summed E-state index contributed by atoms with van der Waals surface area (Å²) in [6, 6.07) is 123. The second-order valence-corrected chi connectivity index (χ2v) is 36.4. The van der Waals surface area contributed by atoms with E-state index in [0.717, 1.165) is 214 Å². The number of carbonyl (C=O) groups is 2. The van der Waals surface area contributed by atoms with Gasteiger partial charge in [-0.1, -0.05) is 240 Å². The average molecular weight is 2060 g/mol. The monoisotopic (exact) mass is 2060 g/mol. The van der Waals surface area contributed by atoms with E-state index in [1.807, 2.05) is 206 Å². The zero-order chi connectivity index (χ0) is 93.3. The molecular formula is C115H69Br4N7O12. The van der Waals surface area contributed by atoms with Crippen molar-refractivity contribution in [3.05, 3.63) is 411 Å². The van der Waals surface area contributed by atoms with E-state index in [-0.39, 0.29) is 11.3 Å². The first-order valence-electron chi connectivity index (χ1n) is 43.8. The number of nitrogens with two attached hydrogens (primary N) is 1. The van der Waals surface area contributed by atoms with Gasteiger partial charge < -0.3 is 62.4 Å². The summed E-state index contributed by atoms with van der Waals surface area (Å²) < 4.78 is 52.4. The smallest absolute Gasteiger partial charge is 0.336 e. The van der Waals surface area contributed by atoms with Crippen molar-refractivity contribution in [2.75, 3.05) is 15.5 Å². The number of nitrogens with zero attached hydrogens (tertiary/aromatic N) is 6. The zero-order valence-electron chi connectivity index (χ0n) is 72.3. The van der Waals surface area contributed by atoms with E-state index in [1.165, 1.54) is 11.1 Å². The molecule has 0 spiro atoms. The molecule has 0 unspecified atom stereocenters. The highest BCUT2D eigenvalue weighted by Crippen LogP contribution is 2.56. The number of ether oxygens (including phenoxy) is 4. The van der Waals surface area contributed by atoms with Crippen molar-refractivity contribution in [2.45, 2.75) is 6.42 Å². The van der Waals surface area contributed by atoms with Crippen LogP contribution in [0.2, 0.25) is 0 Å². The molecule has 24 aromatic rings. The van der Waals surface area contributed by atoms with Gasteiger partial charge in [-0.3, -0.25) is 4.79 Å². The Hall–Kier alpha value is -16.7. The van der Waals surface area contributed by atoms with Crippen molar-refractivity contribution in [2.24, 2.45) is 0 Å². The van der Waals surface area contributed by atoms with Crippen LogP contribution < -0.4 is 34.5 Å². The van der Waals surface area contributed by atoms with Gasteiger partial charge in [-0.05, 0) is 271 Å². The number of oxazole rings is 4. The number of carboxylic acid groups (broad SMARTS) is 1. The predicted octanol–water partition coefficient (Wildman–Crippen LogP) is 33.0. The molecule has 3 aliphatic rings. The fourth-order valence-electron chi connectivity index (χ4n) is 18.1. The third-order valence-electron chi connectivity index (χ3n) is 24.4. The Balaban J connectivity index is 0.000000114. The number of nitrogen functional groups attached to an aromatic ring is 1. The lowest BCUT2D eigenvalue weighted by Gasteiger charge is -2.33. The largest absolute Gasteiger partial charge is 0.506 e. The molecular weight excluding hydrogens is 1990 g/mol. The van der Waals surface area contributed by atoms with Crippen LogP contribution in [-0.2, 0) is 11.2 Å². The molecule has 4 N–H and O–H groups in total. The molecule has 0 bridgehead atoms. The first-order valence-corrected chi connectivity index (χ1v) is 47.0. The average Bonchev–Trinajstić information content (AvgIpc) is 0.853. The zero-order valence-corrected chi connectivity index (χ0v) is 78.7. The number of carboxylic acids is 1. The molecule has 664 valence electrons. The van der Waals surface area contributed by atoms with Gasteiger partial charge in [0.25, 0.3) is 6.47 Å². The third kappa shape index (κ3) is 16.1. The quantitative estimate of drug-likeness (QED) is 0.0526. The minimum absolute atomic E-state index is 0.146. The lowest BCUT2D eigenvalue weighted by molar-refractivity contribution is -0.120. The van der Waals surface area contributed by atoms with E-state index in [2.05, 4.69) is 195 Å². The van der Waals surface area contributed by atoms with Crippen LogP contribution in [0.3, 0.4) is 0 Å². The molecule has 0 radical (unpaired) electrons. The maximum absolute atomic E-state index is 11.4. The van der Waals surface area contributed by atoms with E-state index >= 15 is 0 Å². The number of para-hydroxylation sites is 20. The van der Waals surface area contributed by atoms with E-state index < -0.39 is 5.97 Å². The van der Waals surface area contributed by atoms with Crippen LogP contribution in [0, 0.1) is 0 Å². The van der Waals surface area contributed by atoms with Crippen molar-refractivity contribution in [1.82, 2.24) is 19.9 Å². The maximum atomic E-state index is 11.4. The molecule has 3 aliphatic heterocycles. The van der Waals surface area contributed by atoms with Gasteiger partial charge in [0.15, 0.2) is 45.3 Å². The Labute approximate surface area is 819 Å². The maximum Gasteiger partial charge on any atom is 0.336 e. The Morgan fingerprint density at radius 2 is 0.616 bits per heavy atom. The highest BCUT2D eigenvalue weighted by molar-refractivity contribution is 9.11. The van der Waals surface area contributed by atoms with Gasteiger partial charge >= 0.3 is 5.97 Å². The van der Waals surface area contributed by atoms with Crippen LogP contribution in [0.15, 0.2) is 412 Å². The number of hydrogen-bond donors (Lipinski definition) is 3. The highest BCUT2D eigenvalue weighted by Gasteiger charge is 2.32. The summed E-state index contributed by atoms with van der Waals surface area (Å²) in [5.41, 5.74) is 23.8. The second-order valence-electron chi connectivity index (χ2n) is 32.8. The van der Waals surface area contributed by atoms with E-state index in [0.29, 0.717) is 51.3 Å². The third-order valence-corrected chi connectivity index (χ3v) is 26.2. The summed E-state index contributed by atoms with van der Waals surface area (Å²) in [5.74, 6) is 6.87. The Kier molecular flexibility index (Phi) is 22.3. The van der Waals surface area contributed by atoms with Crippen molar-refractivity contribution in [3.63, 3.8) is 0 Å². The normalized spacial score (nSPS) is 12.0. The molecule has 7 heterocycles. The number of anilines is 7. The number of phenols is 1. The standard InChI is InChI=1S/C52H30N4O4.C28H14Br2N2O2.C16H8Br2O4.C13H10O.C6H7NO/c1-7-19-45-39(13-1)53-51(59-45)37-29-31(55-41-15-3-9-21-47(41)57-48-22-10-4-16-42(48)55)27-35-33(37)25-26-34-36(35)28-32(30-38(34)52-54-40-14-2-8-20-46(40)60-52)56-43-17-5-11-23-49(43)58-50-24-12-6-18-44(50)56;29-15-11-19-17(21(13-15)27-31-23-5-1-3-7-25(23)33-27)9-10-18-20(19)12-16(30)14-22(18)28-32-24-6-2-4-8-26(24)34-28;17-8-3-12-10(14(5-8)16(20)21)1-2-11-13(12)4-9(18)6-15(11)22-7-19;1-3-7-12-10(5-1)9-11-6-2-4-8-13(11)14-12;7-5-3-1-2-4-6(5)8/h1-30H;1-14H;1-7H,(H,20,21);1-8H,9H2;1-4,8H,7H2. The van der Waals surface area contributed by atoms with Crippen molar-refractivity contribution < 1.29 is 56.4 Å². The van der Waals surface area contributed by atoms with Crippen LogP contribution in [0.25, 0.3) is 155 Å². The number of phenolic OH excluding ortho intramolecular Hbond substituents is 1. The molecule has 27 rings (SSSR count). The number of aromatic nitrogens is 4. The van der Waals surface area contributed by atoms with Gasteiger partial charge in [0.1, 0.15) is 45.1 Å². The molecule has 0 fully saturated rings. The van der Waals surface area contributed by atoms with Crippen molar-refractivity contribution in [1.29, 1.82) is 0 Å². The molecule has 0 amide bonds. The predicted molar refractivity (Wildman–Crippen MR) is 559 cm³/mol. The fraction of sp³-hybridized carbons (Fsp3) is 0.00870. The van der Waals surface area contributed by atoms with Crippen LogP contribution in [0.1, 0.15) is 21.5 Å². The van der Waals surface area contributed by atoms with Crippen LogP contribution >= 0.6 is 63.7 Å². The number of halogens is 4. The first kappa shape index (κ1) is 85.5. The summed E-state index contributed by atoms with van der Waals surface area (Å²) in [7, 11) is 0. The lowest BCUT2D eigenvalue weighted by atomic mass is 9.93. The number of hydrogen-bond acceptors (Lipinski definition) is 18. The minimum atomic E-state index is -0.995. The first-order chi connectivity index (χ1) is 67.6. The molecule has 138 heavy (non-hydrogen) atoms. The topological polar surface area (TPSA) is 248 Å². The molecule has 0 atom stereocenters. The number of carbonyl (C=O) groups excluding carboxylic acids is 1. The highest BCUT2D eigenvalue weighted by atomic mass is 79.9. The Morgan fingerprint density at radius 3 is 0.986 bits per heavy atom. The van der Waals surface area contributed by atoms with E-state index in [4.69, 9.17) is 67.4 Å². The minimum Gasteiger partial charge on any atom is -0.506 e. The van der Waals surface area contributed by atoms with Crippen LogP contribution in [0.5, 0.6) is 46.0 Å². The molecule has 23 heteroatoms. The molecule has 4 aromatic heterocycles. The summed E-state index contributed by atoms with van der Waals surface area (Å²) >= 11 is 14.1. The fourth-order valence-corrected chi connectivity index (χ4v) is 20.0. The molecule has 0 saturated heterocycles. The summed E-state index contributed by atoms with van der Waals surface area (Å²) in [5, 5.41) is 29.3. The van der Waals surface area contributed by atoms with Crippen LogP contribution in [-0.4, -0.2) is 42.6 Å². The van der Waals surface area contributed by atoms with Crippen LogP contribution in [0.4, 0.5) is 39.8 Å².